The molecule has 0 amide bonds. The van der Waals surface area contributed by atoms with Crippen molar-refractivity contribution in [3.05, 3.63) is 79.9 Å². The number of benzene rings is 2. The van der Waals surface area contributed by atoms with Gasteiger partial charge in [0.15, 0.2) is 0 Å². The SMILES string of the molecule is CC1=Cc2c(ccc(C)c2C)[CH]1[Zr]([Cl])([Cl])([CH]1C(C)=Cc2c1ccc(C)c2C)[SiH](C)C. The molecular formula is C26H33Cl2SiZr. The van der Waals surface area contributed by atoms with Crippen LogP contribution in [0.1, 0.15) is 65.6 Å². The zero-order chi connectivity index (χ0) is 22.2. The topological polar surface area (TPSA) is 0 Å². The van der Waals surface area contributed by atoms with Gasteiger partial charge < -0.3 is 0 Å². The van der Waals surface area contributed by atoms with Gasteiger partial charge in [0.1, 0.15) is 0 Å². The number of aryl methyl sites for hydroxylation is 2. The van der Waals surface area contributed by atoms with Gasteiger partial charge in [0.25, 0.3) is 0 Å². The standard InChI is InChI=1S/2C12H13.C2H7Si.2ClH.Zr/c2*1-8-6-11-5-4-9(2)10(3)12(11)7-8;1-3-2;;;/h2*4-7H,1-3H3;3H,1-2H3;2*1H;/q;;;;;+2/p-2. The third-order valence-electron chi connectivity index (χ3n) is 8.12. The maximum absolute atomic E-state index is 8.13. The van der Waals surface area contributed by atoms with Gasteiger partial charge in [-0.1, -0.05) is 0 Å². The Labute approximate surface area is 191 Å². The number of fused-ring (bicyclic) bond motifs is 2. The van der Waals surface area contributed by atoms with Crippen molar-refractivity contribution in [3.8, 4) is 0 Å². The second-order valence-electron chi connectivity index (χ2n) is 10.0. The first kappa shape index (κ1) is 22.8. The van der Waals surface area contributed by atoms with Crippen LogP contribution < -0.4 is 0 Å². The van der Waals surface area contributed by atoms with Crippen molar-refractivity contribution in [1.29, 1.82) is 0 Å². The van der Waals surface area contributed by atoms with E-state index in [0.717, 1.165) is 0 Å². The van der Waals surface area contributed by atoms with Crippen LogP contribution in [0.5, 0.6) is 0 Å². The summed E-state index contributed by atoms with van der Waals surface area (Å²) >= 11 is -4.42. The number of allylic oxidation sites excluding steroid dienone is 2. The summed E-state index contributed by atoms with van der Waals surface area (Å²) in [4.78, 5) is 0. The molecule has 0 heterocycles. The summed E-state index contributed by atoms with van der Waals surface area (Å²) in [6.45, 7) is 18.2. The van der Waals surface area contributed by atoms with Gasteiger partial charge in [0, 0.05) is 0 Å². The van der Waals surface area contributed by atoms with E-state index in [-0.39, 0.29) is 7.25 Å². The van der Waals surface area contributed by atoms with Crippen LogP contribution in [0.4, 0.5) is 0 Å². The van der Waals surface area contributed by atoms with Gasteiger partial charge >= 0.3 is 192 Å². The van der Waals surface area contributed by atoms with Crippen molar-refractivity contribution in [2.45, 2.75) is 61.9 Å². The summed E-state index contributed by atoms with van der Waals surface area (Å²) in [5.74, 6) is -1.41. The molecule has 159 valence electrons. The number of hydrogen-bond donors (Lipinski definition) is 0. The molecule has 4 heteroatoms. The maximum atomic E-state index is 8.13. The molecule has 2 aliphatic carbocycles. The van der Waals surface area contributed by atoms with Crippen molar-refractivity contribution in [2.75, 3.05) is 0 Å². The van der Waals surface area contributed by atoms with Crippen molar-refractivity contribution in [2.24, 2.45) is 0 Å². The van der Waals surface area contributed by atoms with Crippen LogP contribution in [0.2, 0.25) is 13.1 Å². The Morgan fingerprint density at radius 1 is 0.667 bits per heavy atom. The van der Waals surface area contributed by atoms with Gasteiger partial charge in [-0.2, -0.15) is 0 Å². The molecular weight excluding hydrogens is 503 g/mol. The van der Waals surface area contributed by atoms with Crippen LogP contribution in [0, 0.1) is 27.7 Å². The fourth-order valence-electron chi connectivity index (χ4n) is 6.01. The van der Waals surface area contributed by atoms with Crippen LogP contribution in [0.25, 0.3) is 12.2 Å². The summed E-state index contributed by atoms with van der Waals surface area (Å²) in [7, 11) is 16.3. The molecule has 0 fully saturated rings. The molecule has 0 aromatic heterocycles. The first-order chi connectivity index (χ1) is 13.9. The molecule has 4 rings (SSSR count). The average molecular weight is 536 g/mol. The number of rotatable bonds is 3. The summed E-state index contributed by atoms with van der Waals surface area (Å²) in [5, 5.41) is 0. The number of hydrogen-bond acceptors (Lipinski definition) is 0. The molecule has 0 bridgehead atoms. The zero-order valence-electron chi connectivity index (χ0n) is 19.5. The summed E-state index contributed by atoms with van der Waals surface area (Å²) in [5.41, 5.74) is 13.7. The Balaban J connectivity index is 2.01. The van der Waals surface area contributed by atoms with E-state index < -0.39 is 21.5 Å². The Morgan fingerprint density at radius 2 is 1.03 bits per heavy atom. The van der Waals surface area contributed by atoms with E-state index in [9.17, 15) is 0 Å². The summed E-state index contributed by atoms with van der Waals surface area (Å²) in [6.07, 6.45) is 4.76. The quantitative estimate of drug-likeness (QED) is 0.346. The molecule has 2 unspecified atom stereocenters. The molecule has 2 aliphatic rings. The van der Waals surface area contributed by atoms with Gasteiger partial charge in [0.05, 0.1) is 0 Å². The van der Waals surface area contributed by atoms with Crippen LogP contribution in [-0.4, -0.2) is 5.92 Å². The third kappa shape index (κ3) is 2.93. The Kier molecular flexibility index (Phi) is 5.55. The Bertz CT molecular complexity index is 1060. The molecule has 0 radical (unpaired) electrons. The van der Waals surface area contributed by atoms with Crippen LogP contribution in [-0.2, 0) is 15.6 Å². The fraction of sp³-hybridized carbons (Fsp3) is 0.385. The second kappa shape index (κ2) is 7.31. The minimum absolute atomic E-state index is 0.205. The van der Waals surface area contributed by atoms with Gasteiger partial charge in [-0.3, -0.25) is 0 Å². The molecule has 2 atom stereocenters. The molecule has 0 N–H and O–H groups in total. The molecule has 2 aromatic rings. The van der Waals surface area contributed by atoms with Crippen molar-refractivity contribution < 1.29 is 15.6 Å². The van der Waals surface area contributed by atoms with E-state index >= 15 is 0 Å². The predicted molar refractivity (Wildman–Crippen MR) is 135 cm³/mol. The van der Waals surface area contributed by atoms with Crippen molar-refractivity contribution in [3.63, 3.8) is 0 Å². The molecule has 0 aliphatic heterocycles. The molecule has 30 heavy (non-hydrogen) atoms. The van der Waals surface area contributed by atoms with Crippen LogP contribution in [0.3, 0.4) is 0 Å². The van der Waals surface area contributed by atoms with E-state index in [1.807, 2.05) is 0 Å². The third-order valence-corrected chi connectivity index (χ3v) is 60.4. The molecule has 0 spiro atoms. The Hall–Kier alpha value is -0.400. The molecule has 2 aromatic carbocycles. The van der Waals surface area contributed by atoms with Crippen LogP contribution in [0.15, 0.2) is 35.4 Å². The second-order valence-corrected chi connectivity index (χ2v) is 52.6. The van der Waals surface area contributed by atoms with Crippen LogP contribution >= 0.6 is 17.0 Å². The molecule has 0 nitrogen and oxygen atoms in total. The fourth-order valence-corrected chi connectivity index (χ4v) is 38.9. The van der Waals surface area contributed by atoms with Gasteiger partial charge in [-0.05, 0) is 0 Å². The first-order valence-electron chi connectivity index (χ1n) is 11.0. The summed E-state index contributed by atoms with van der Waals surface area (Å²) in [6, 6.07) is 9.16. The first-order valence-corrected chi connectivity index (χ1v) is 27.3. The van der Waals surface area contributed by atoms with Crippen molar-refractivity contribution >= 4 is 35.1 Å². The van der Waals surface area contributed by atoms with E-state index in [0.29, 0.717) is 0 Å². The number of halogens is 2. The van der Waals surface area contributed by atoms with E-state index in [1.54, 1.807) is 0 Å². The minimum atomic E-state index is -4.42. The van der Waals surface area contributed by atoms with Gasteiger partial charge in [-0.25, -0.2) is 0 Å². The van der Waals surface area contributed by atoms with E-state index in [4.69, 9.17) is 17.0 Å². The van der Waals surface area contributed by atoms with Crippen molar-refractivity contribution in [1.82, 2.24) is 0 Å². The summed E-state index contributed by atoms with van der Waals surface area (Å²) < 4.78 is 0.410. The van der Waals surface area contributed by atoms with E-state index in [1.165, 1.54) is 55.7 Å². The monoisotopic (exact) mass is 533 g/mol. The van der Waals surface area contributed by atoms with E-state index in [2.05, 4.69) is 91.1 Å². The van der Waals surface area contributed by atoms with Gasteiger partial charge in [-0.15, -0.1) is 0 Å². The molecule has 0 saturated heterocycles. The normalized spacial score (nSPS) is 21.8. The zero-order valence-corrected chi connectivity index (χ0v) is 24.6. The Morgan fingerprint density at radius 3 is 1.37 bits per heavy atom. The molecule has 0 saturated carbocycles. The van der Waals surface area contributed by atoms with Gasteiger partial charge in [0.2, 0.25) is 0 Å². The predicted octanol–water partition coefficient (Wildman–Crippen LogP) is 8.52. The average Bonchev–Trinajstić information content (AvgIpc) is 3.19.